The Morgan fingerprint density at radius 3 is 2.72 bits per heavy atom. The van der Waals surface area contributed by atoms with Crippen LogP contribution in [0.15, 0.2) is 12.1 Å². The summed E-state index contributed by atoms with van der Waals surface area (Å²) in [6.07, 6.45) is 0. The summed E-state index contributed by atoms with van der Waals surface area (Å²) in [7, 11) is -0.926. The molecule has 6 heteroatoms. The standard InChI is InChI=1S/C12H17FN2O2S/c1-3-18(17)5-4-15-12(16)9-6-10(13)8(2)11(14)7-9/h6-7H,3-5,14H2,1-2H3,(H,15,16). The number of nitrogen functional groups attached to an aromatic ring is 1. The molecule has 18 heavy (non-hydrogen) atoms. The van der Waals surface area contributed by atoms with Gasteiger partial charge in [-0.2, -0.15) is 0 Å². The average Bonchev–Trinajstić information content (AvgIpc) is 2.34. The van der Waals surface area contributed by atoms with E-state index >= 15 is 0 Å². The monoisotopic (exact) mass is 272 g/mol. The van der Waals surface area contributed by atoms with Gasteiger partial charge in [-0.15, -0.1) is 0 Å². The minimum Gasteiger partial charge on any atom is -0.398 e. The molecule has 3 N–H and O–H groups in total. The number of carbonyl (C=O) groups is 1. The molecule has 1 amide bonds. The smallest absolute Gasteiger partial charge is 0.251 e. The number of amides is 1. The fraction of sp³-hybridized carbons (Fsp3) is 0.417. The first-order chi connectivity index (χ1) is 8.45. The zero-order valence-corrected chi connectivity index (χ0v) is 11.3. The number of halogens is 1. The van der Waals surface area contributed by atoms with Crippen LogP contribution < -0.4 is 11.1 Å². The molecule has 4 nitrogen and oxygen atoms in total. The van der Waals surface area contributed by atoms with Gasteiger partial charge in [0.15, 0.2) is 0 Å². The summed E-state index contributed by atoms with van der Waals surface area (Å²) < 4.78 is 24.6. The van der Waals surface area contributed by atoms with E-state index in [1.54, 1.807) is 6.92 Å². The zero-order chi connectivity index (χ0) is 13.7. The fourth-order valence-electron chi connectivity index (χ4n) is 1.36. The Hall–Kier alpha value is -1.43. The molecule has 0 aromatic heterocycles. The maximum absolute atomic E-state index is 13.4. The molecule has 100 valence electrons. The van der Waals surface area contributed by atoms with Crippen molar-refractivity contribution >= 4 is 22.4 Å². The molecule has 1 unspecified atom stereocenters. The Labute approximate surface area is 108 Å². The summed E-state index contributed by atoms with van der Waals surface area (Å²) in [5.74, 6) is 0.0413. The Kier molecular flexibility index (Phi) is 5.27. The minimum absolute atomic E-state index is 0.179. The first-order valence-electron chi connectivity index (χ1n) is 5.64. The van der Waals surface area contributed by atoms with E-state index in [0.717, 1.165) is 6.07 Å². The number of benzene rings is 1. The van der Waals surface area contributed by atoms with Crippen LogP contribution in [0.4, 0.5) is 10.1 Å². The lowest BCUT2D eigenvalue weighted by Crippen LogP contribution is -2.28. The van der Waals surface area contributed by atoms with Gasteiger partial charge in [0.1, 0.15) is 5.82 Å². The summed E-state index contributed by atoms with van der Waals surface area (Å²) in [4.78, 5) is 11.7. The molecule has 0 aliphatic heterocycles. The highest BCUT2D eigenvalue weighted by Crippen LogP contribution is 2.17. The maximum Gasteiger partial charge on any atom is 0.251 e. The van der Waals surface area contributed by atoms with Gasteiger partial charge in [0.25, 0.3) is 5.91 Å². The van der Waals surface area contributed by atoms with Gasteiger partial charge >= 0.3 is 0 Å². The highest BCUT2D eigenvalue weighted by Gasteiger charge is 2.10. The summed E-state index contributed by atoms with van der Waals surface area (Å²) >= 11 is 0. The molecule has 0 aliphatic carbocycles. The number of nitrogens with two attached hydrogens (primary N) is 1. The van der Waals surface area contributed by atoms with Gasteiger partial charge in [-0.3, -0.25) is 9.00 Å². The largest absolute Gasteiger partial charge is 0.398 e. The SMILES string of the molecule is CCS(=O)CCNC(=O)c1cc(N)c(C)c(F)c1. The zero-order valence-electron chi connectivity index (χ0n) is 10.5. The number of carbonyl (C=O) groups excluding carboxylic acids is 1. The molecule has 0 spiro atoms. The van der Waals surface area contributed by atoms with E-state index < -0.39 is 22.5 Å². The molecule has 0 aliphatic rings. The number of nitrogens with one attached hydrogen (secondary N) is 1. The summed E-state index contributed by atoms with van der Waals surface area (Å²) in [5, 5.41) is 2.58. The lowest BCUT2D eigenvalue weighted by Gasteiger charge is -2.07. The number of anilines is 1. The van der Waals surface area contributed by atoms with Crippen LogP contribution in [0.3, 0.4) is 0 Å². The Balaban J connectivity index is 2.65. The molecule has 0 radical (unpaired) electrons. The Morgan fingerprint density at radius 1 is 1.50 bits per heavy atom. The molecule has 1 aromatic rings. The molecule has 1 rings (SSSR count). The molecular weight excluding hydrogens is 255 g/mol. The van der Waals surface area contributed by atoms with Crippen molar-refractivity contribution in [3.05, 3.63) is 29.1 Å². The van der Waals surface area contributed by atoms with Gasteiger partial charge in [-0.05, 0) is 19.1 Å². The van der Waals surface area contributed by atoms with Crippen LogP contribution in [0, 0.1) is 12.7 Å². The van der Waals surface area contributed by atoms with Crippen LogP contribution in [-0.2, 0) is 10.8 Å². The molecule has 0 heterocycles. The van der Waals surface area contributed by atoms with Crippen molar-refractivity contribution in [1.82, 2.24) is 5.32 Å². The van der Waals surface area contributed by atoms with Crippen molar-refractivity contribution in [2.24, 2.45) is 0 Å². The van der Waals surface area contributed by atoms with Crippen LogP contribution in [-0.4, -0.2) is 28.2 Å². The maximum atomic E-state index is 13.4. The number of rotatable bonds is 5. The second kappa shape index (κ2) is 6.49. The second-order valence-corrected chi connectivity index (χ2v) is 5.73. The van der Waals surface area contributed by atoms with Crippen LogP contribution in [0.5, 0.6) is 0 Å². The van der Waals surface area contributed by atoms with Crippen molar-refractivity contribution in [3.8, 4) is 0 Å². The van der Waals surface area contributed by atoms with Crippen LogP contribution in [0.25, 0.3) is 0 Å². The Morgan fingerprint density at radius 2 is 2.17 bits per heavy atom. The highest BCUT2D eigenvalue weighted by atomic mass is 32.2. The van der Waals surface area contributed by atoms with Crippen molar-refractivity contribution in [2.45, 2.75) is 13.8 Å². The van der Waals surface area contributed by atoms with Crippen LogP contribution in [0.1, 0.15) is 22.8 Å². The predicted molar refractivity (Wildman–Crippen MR) is 71.4 cm³/mol. The van der Waals surface area contributed by atoms with E-state index in [-0.39, 0.29) is 11.3 Å². The van der Waals surface area contributed by atoms with E-state index in [4.69, 9.17) is 5.73 Å². The van der Waals surface area contributed by atoms with Crippen molar-refractivity contribution in [2.75, 3.05) is 23.8 Å². The van der Waals surface area contributed by atoms with Crippen LogP contribution >= 0.6 is 0 Å². The molecule has 0 saturated carbocycles. The molecule has 1 atom stereocenters. The van der Waals surface area contributed by atoms with Gasteiger partial charge in [-0.25, -0.2) is 4.39 Å². The number of hydrogen-bond acceptors (Lipinski definition) is 3. The first-order valence-corrected chi connectivity index (χ1v) is 7.13. The molecule has 0 fully saturated rings. The lowest BCUT2D eigenvalue weighted by molar-refractivity contribution is 0.0955. The normalized spacial score (nSPS) is 12.2. The average molecular weight is 272 g/mol. The topological polar surface area (TPSA) is 72.2 Å². The van der Waals surface area contributed by atoms with Crippen molar-refractivity contribution < 1.29 is 13.4 Å². The summed E-state index contributed by atoms with van der Waals surface area (Å²) in [6.45, 7) is 3.67. The van der Waals surface area contributed by atoms with E-state index in [0.29, 0.717) is 23.6 Å². The van der Waals surface area contributed by atoms with Crippen molar-refractivity contribution in [1.29, 1.82) is 0 Å². The van der Waals surface area contributed by atoms with Crippen LogP contribution in [0.2, 0.25) is 0 Å². The lowest BCUT2D eigenvalue weighted by atomic mass is 10.1. The van der Waals surface area contributed by atoms with Gasteiger partial charge in [0.2, 0.25) is 0 Å². The third-order valence-corrected chi connectivity index (χ3v) is 3.89. The third-order valence-electron chi connectivity index (χ3n) is 2.58. The van der Waals surface area contributed by atoms with E-state index in [1.807, 2.05) is 6.92 Å². The summed E-state index contributed by atoms with van der Waals surface area (Å²) in [5.41, 5.74) is 6.35. The molecule has 1 aromatic carbocycles. The number of hydrogen-bond donors (Lipinski definition) is 2. The highest BCUT2D eigenvalue weighted by molar-refractivity contribution is 7.84. The quantitative estimate of drug-likeness (QED) is 0.791. The van der Waals surface area contributed by atoms with Gasteiger partial charge in [0, 0.05) is 45.7 Å². The minimum atomic E-state index is -0.926. The molecule has 0 saturated heterocycles. The van der Waals surface area contributed by atoms with Gasteiger partial charge in [0.05, 0.1) is 0 Å². The third kappa shape index (κ3) is 3.80. The van der Waals surface area contributed by atoms with Gasteiger partial charge in [-0.1, -0.05) is 6.92 Å². The predicted octanol–water partition coefficient (Wildman–Crippen LogP) is 1.21. The van der Waals surface area contributed by atoms with Crippen molar-refractivity contribution in [3.63, 3.8) is 0 Å². The van der Waals surface area contributed by atoms with E-state index in [9.17, 15) is 13.4 Å². The molecule has 0 bridgehead atoms. The molecular formula is C12H17FN2O2S. The van der Waals surface area contributed by atoms with E-state index in [1.165, 1.54) is 6.07 Å². The fourth-order valence-corrected chi connectivity index (χ4v) is 1.97. The second-order valence-electron chi connectivity index (χ2n) is 3.86. The summed E-state index contributed by atoms with van der Waals surface area (Å²) in [6, 6.07) is 2.59. The first kappa shape index (κ1) is 14.6. The van der Waals surface area contributed by atoms with Gasteiger partial charge < -0.3 is 11.1 Å². The van der Waals surface area contributed by atoms with E-state index in [2.05, 4.69) is 5.32 Å². The Bertz CT molecular complexity index is 454.